The summed E-state index contributed by atoms with van der Waals surface area (Å²) in [6, 6.07) is 24.7. The lowest BCUT2D eigenvalue weighted by Gasteiger charge is -2.33. The summed E-state index contributed by atoms with van der Waals surface area (Å²) < 4.78 is 27.3. The third-order valence-corrected chi connectivity index (χ3v) is 7.48. The molecule has 0 bridgehead atoms. The van der Waals surface area contributed by atoms with Gasteiger partial charge in [0.05, 0.1) is 11.9 Å². The first-order chi connectivity index (χ1) is 17.7. The minimum absolute atomic E-state index is 0.161. The third-order valence-electron chi connectivity index (χ3n) is 5.81. The van der Waals surface area contributed by atoms with Gasteiger partial charge >= 0.3 is 0 Å². The summed E-state index contributed by atoms with van der Waals surface area (Å²) in [6.07, 6.45) is 2.12. The van der Waals surface area contributed by atoms with Gasteiger partial charge in [0.15, 0.2) is 0 Å². The van der Waals surface area contributed by atoms with Crippen LogP contribution in [0.3, 0.4) is 0 Å². The van der Waals surface area contributed by atoms with Crippen LogP contribution >= 0.6 is 15.9 Å². The molecular formula is C28H32BrN3O4S. The predicted octanol–water partition coefficient (Wildman–Crippen LogP) is 4.38. The second-order valence-corrected chi connectivity index (χ2v) is 11.6. The molecule has 0 aromatic heterocycles. The maximum Gasteiger partial charge on any atom is 0.244 e. The fourth-order valence-corrected chi connectivity index (χ4v) is 5.04. The van der Waals surface area contributed by atoms with Gasteiger partial charge in [-0.1, -0.05) is 83.5 Å². The molecular weight excluding hydrogens is 554 g/mol. The number of halogens is 1. The average molecular weight is 587 g/mol. The highest BCUT2D eigenvalue weighted by Gasteiger charge is 2.32. The molecule has 1 N–H and O–H groups in total. The van der Waals surface area contributed by atoms with Crippen molar-refractivity contribution in [1.82, 2.24) is 10.2 Å². The van der Waals surface area contributed by atoms with Crippen LogP contribution in [0.15, 0.2) is 89.4 Å². The Hall–Kier alpha value is -3.17. The van der Waals surface area contributed by atoms with E-state index in [0.29, 0.717) is 18.7 Å². The van der Waals surface area contributed by atoms with Crippen molar-refractivity contribution in [3.8, 4) is 0 Å². The fraction of sp³-hybridized carbons (Fsp3) is 0.286. The number of sulfonamides is 1. The van der Waals surface area contributed by atoms with Crippen LogP contribution in [0.25, 0.3) is 0 Å². The van der Waals surface area contributed by atoms with Crippen LogP contribution < -0.4 is 9.62 Å². The summed E-state index contributed by atoms with van der Waals surface area (Å²) in [5.74, 6) is -0.741. The standard InChI is InChI=1S/C28H32BrN3O4S/c1-3-18-30-28(34)26(19-22-10-6-4-7-11-22)31(20-23-12-8-5-9-13-23)27(33)21-32(37(2,35)36)25-16-14-24(29)15-17-25/h4-17,26H,3,18-21H2,1-2H3,(H,30,34)/t26-/m1/s1. The SMILES string of the molecule is CCCNC(=O)[C@@H](Cc1ccccc1)N(Cc1ccccc1)C(=O)CN(c1ccc(Br)cc1)S(C)(=O)=O. The Morgan fingerprint density at radius 3 is 2.00 bits per heavy atom. The van der Waals surface area contributed by atoms with E-state index >= 15 is 0 Å². The Bertz CT molecular complexity index is 1270. The van der Waals surface area contributed by atoms with E-state index in [0.717, 1.165) is 32.6 Å². The molecule has 37 heavy (non-hydrogen) atoms. The molecule has 0 spiro atoms. The molecule has 0 radical (unpaired) electrons. The zero-order chi connectivity index (χ0) is 26.8. The smallest absolute Gasteiger partial charge is 0.244 e. The van der Waals surface area contributed by atoms with Crippen molar-refractivity contribution >= 4 is 43.5 Å². The van der Waals surface area contributed by atoms with Crippen molar-refractivity contribution in [2.75, 3.05) is 23.7 Å². The number of carbonyl (C=O) groups excluding carboxylic acids is 2. The highest BCUT2D eigenvalue weighted by molar-refractivity contribution is 9.10. The van der Waals surface area contributed by atoms with Crippen LogP contribution in [-0.2, 0) is 32.6 Å². The van der Waals surface area contributed by atoms with E-state index in [1.165, 1.54) is 4.90 Å². The molecule has 3 aromatic rings. The molecule has 0 heterocycles. The molecule has 0 aliphatic carbocycles. The minimum Gasteiger partial charge on any atom is -0.354 e. The van der Waals surface area contributed by atoms with Crippen LogP contribution in [0.4, 0.5) is 5.69 Å². The first kappa shape index (κ1) is 28.4. The Balaban J connectivity index is 2.01. The maximum atomic E-state index is 13.9. The summed E-state index contributed by atoms with van der Waals surface area (Å²) in [5.41, 5.74) is 2.11. The number of hydrogen-bond acceptors (Lipinski definition) is 4. The number of hydrogen-bond donors (Lipinski definition) is 1. The summed E-state index contributed by atoms with van der Waals surface area (Å²) in [6.45, 7) is 2.17. The number of amides is 2. The lowest BCUT2D eigenvalue weighted by molar-refractivity contribution is -0.140. The first-order valence-corrected chi connectivity index (χ1v) is 14.7. The third kappa shape index (κ3) is 8.43. The van der Waals surface area contributed by atoms with Gasteiger partial charge in [-0.25, -0.2) is 8.42 Å². The number of anilines is 1. The van der Waals surface area contributed by atoms with Crippen LogP contribution in [0.1, 0.15) is 24.5 Å². The fourth-order valence-electron chi connectivity index (χ4n) is 3.92. The number of nitrogens with one attached hydrogen (secondary N) is 1. The quantitative estimate of drug-likeness (QED) is 0.342. The summed E-state index contributed by atoms with van der Waals surface area (Å²) in [4.78, 5) is 28.8. The Morgan fingerprint density at radius 1 is 0.892 bits per heavy atom. The normalized spacial score (nSPS) is 12.0. The monoisotopic (exact) mass is 585 g/mol. The van der Waals surface area contributed by atoms with E-state index in [1.807, 2.05) is 67.6 Å². The largest absolute Gasteiger partial charge is 0.354 e. The van der Waals surface area contributed by atoms with Gasteiger partial charge in [-0.2, -0.15) is 0 Å². The van der Waals surface area contributed by atoms with Gasteiger partial charge in [0.25, 0.3) is 0 Å². The van der Waals surface area contributed by atoms with Crippen molar-refractivity contribution in [1.29, 1.82) is 0 Å². The van der Waals surface area contributed by atoms with Gasteiger partial charge in [-0.05, 0) is 41.8 Å². The molecule has 0 aliphatic rings. The predicted molar refractivity (Wildman–Crippen MR) is 151 cm³/mol. The molecule has 2 amide bonds. The Morgan fingerprint density at radius 2 is 1.46 bits per heavy atom. The molecule has 0 saturated carbocycles. The van der Waals surface area contributed by atoms with Crippen molar-refractivity contribution in [2.45, 2.75) is 32.4 Å². The van der Waals surface area contributed by atoms with E-state index in [1.54, 1.807) is 24.3 Å². The number of benzene rings is 3. The molecule has 7 nitrogen and oxygen atoms in total. The van der Waals surface area contributed by atoms with Crippen LogP contribution in [-0.4, -0.2) is 50.5 Å². The number of rotatable bonds is 12. The lowest BCUT2D eigenvalue weighted by atomic mass is 10.0. The number of carbonyl (C=O) groups is 2. The molecule has 0 unspecified atom stereocenters. The van der Waals surface area contributed by atoms with Crippen molar-refractivity contribution in [2.24, 2.45) is 0 Å². The lowest BCUT2D eigenvalue weighted by Crippen LogP contribution is -2.53. The topological polar surface area (TPSA) is 86.8 Å². The summed E-state index contributed by atoms with van der Waals surface area (Å²) in [7, 11) is -3.78. The molecule has 0 fully saturated rings. The van der Waals surface area contributed by atoms with Crippen molar-refractivity contribution in [3.05, 3.63) is 101 Å². The van der Waals surface area contributed by atoms with Gasteiger partial charge in [0.1, 0.15) is 12.6 Å². The van der Waals surface area contributed by atoms with Gasteiger partial charge in [-0.3, -0.25) is 13.9 Å². The molecule has 196 valence electrons. The van der Waals surface area contributed by atoms with Crippen LogP contribution in [0, 0.1) is 0 Å². The van der Waals surface area contributed by atoms with Crippen molar-refractivity contribution in [3.63, 3.8) is 0 Å². The molecule has 3 aromatic carbocycles. The second kappa shape index (κ2) is 13.4. The summed E-state index contributed by atoms with van der Waals surface area (Å²) >= 11 is 3.36. The van der Waals surface area contributed by atoms with Crippen LogP contribution in [0.5, 0.6) is 0 Å². The van der Waals surface area contributed by atoms with Gasteiger partial charge in [-0.15, -0.1) is 0 Å². The molecule has 9 heteroatoms. The molecule has 0 aliphatic heterocycles. The summed E-state index contributed by atoms with van der Waals surface area (Å²) in [5, 5.41) is 2.93. The van der Waals surface area contributed by atoms with E-state index < -0.39 is 28.5 Å². The minimum atomic E-state index is -3.78. The van der Waals surface area contributed by atoms with E-state index in [4.69, 9.17) is 0 Å². The van der Waals surface area contributed by atoms with Crippen molar-refractivity contribution < 1.29 is 18.0 Å². The molecule has 3 rings (SSSR count). The Kier molecular flexibility index (Phi) is 10.3. The van der Waals surface area contributed by atoms with E-state index in [9.17, 15) is 18.0 Å². The first-order valence-electron chi connectivity index (χ1n) is 12.1. The molecule has 0 saturated heterocycles. The van der Waals surface area contributed by atoms with Gasteiger partial charge in [0, 0.05) is 24.0 Å². The average Bonchev–Trinajstić information content (AvgIpc) is 2.89. The zero-order valence-electron chi connectivity index (χ0n) is 21.0. The van der Waals surface area contributed by atoms with Gasteiger partial charge in [0.2, 0.25) is 21.8 Å². The molecule has 1 atom stereocenters. The Labute approximate surface area is 227 Å². The highest BCUT2D eigenvalue weighted by atomic mass is 79.9. The maximum absolute atomic E-state index is 13.9. The van der Waals surface area contributed by atoms with E-state index in [2.05, 4.69) is 21.2 Å². The zero-order valence-corrected chi connectivity index (χ0v) is 23.4. The highest BCUT2D eigenvalue weighted by Crippen LogP contribution is 2.22. The van der Waals surface area contributed by atoms with Gasteiger partial charge < -0.3 is 10.2 Å². The van der Waals surface area contributed by atoms with Crippen LogP contribution in [0.2, 0.25) is 0 Å². The van der Waals surface area contributed by atoms with E-state index in [-0.39, 0.29) is 12.5 Å². The number of nitrogens with zero attached hydrogens (tertiary/aromatic N) is 2. The second-order valence-electron chi connectivity index (χ2n) is 8.75.